The summed E-state index contributed by atoms with van der Waals surface area (Å²) in [7, 11) is -2.22. The minimum absolute atomic E-state index is 0.0319. The van der Waals surface area contributed by atoms with Gasteiger partial charge in [-0.2, -0.15) is 0 Å². The van der Waals surface area contributed by atoms with Crippen molar-refractivity contribution in [2.45, 2.75) is 11.8 Å². The molecule has 0 spiro atoms. The van der Waals surface area contributed by atoms with E-state index in [1.54, 1.807) is 13.0 Å². The number of primary amides is 1. The van der Waals surface area contributed by atoms with E-state index in [2.05, 4.69) is 4.72 Å². The Balaban J connectivity index is 3.38. The second-order valence-corrected chi connectivity index (χ2v) is 4.94. The second-order valence-electron chi connectivity index (χ2n) is 3.05. The Morgan fingerprint density at radius 3 is 2.47 bits per heavy atom. The lowest BCUT2D eigenvalue weighted by Crippen LogP contribution is -2.20. The molecule has 82 valence electrons. The van der Waals surface area contributed by atoms with Crippen molar-refractivity contribution in [3.8, 4) is 0 Å². The Labute approximate surface area is 88.3 Å². The van der Waals surface area contributed by atoms with Crippen LogP contribution in [0.2, 0.25) is 0 Å². The molecule has 5 nitrogen and oxygen atoms in total. The lowest BCUT2D eigenvalue weighted by Gasteiger charge is -2.06. The second kappa shape index (κ2) is 4.00. The number of aryl methyl sites for hydroxylation is 1. The number of hydrogen-bond acceptors (Lipinski definition) is 3. The molecule has 0 saturated carbocycles. The van der Waals surface area contributed by atoms with Crippen LogP contribution in [0, 0.1) is 6.92 Å². The molecule has 0 unspecified atom stereocenters. The summed E-state index contributed by atoms with van der Waals surface area (Å²) in [5.41, 5.74) is 5.98. The Morgan fingerprint density at radius 2 is 2.00 bits per heavy atom. The van der Waals surface area contributed by atoms with E-state index in [0.29, 0.717) is 5.56 Å². The van der Waals surface area contributed by atoms with E-state index in [1.807, 2.05) is 0 Å². The smallest absolute Gasteiger partial charge is 0.249 e. The van der Waals surface area contributed by atoms with Gasteiger partial charge in [0.1, 0.15) is 0 Å². The van der Waals surface area contributed by atoms with E-state index < -0.39 is 15.9 Å². The quantitative estimate of drug-likeness (QED) is 0.763. The van der Waals surface area contributed by atoms with Gasteiger partial charge in [-0.1, -0.05) is 6.07 Å². The van der Waals surface area contributed by atoms with E-state index in [1.165, 1.54) is 19.2 Å². The van der Waals surface area contributed by atoms with Crippen molar-refractivity contribution in [3.05, 3.63) is 29.3 Å². The zero-order valence-electron chi connectivity index (χ0n) is 8.44. The number of sulfonamides is 1. The van der Waals surface area contributed by atoms with Gasteiger partial charge in [-0.15, -0.1) is 0 Å². The molecule has 6 heteroatoms. The molecule has 15 heavy (non-hydrogen) atoms. The fourth-order valence-electron chi connectivity index (χ4n) is 1.15. The fraction of sp³-hybridized carbons (Fsp3) is 0.222. The summed E-state index contributed by atoms with van der Waals surface area (Å²) < 4.78 is 25.0. The van der Waals surface area contributed by atoms with Crippen LogP contribution in [-0.4, -0.2) is 21.4 Å². The third-order valence-corrected chi connectivity index (χ3v) is 3.47. The highest BCUT2D eigenvalue weighted by molar-refractivity contribution is 7.89. The average Bonchev–Trinajstić information content (AvgIpc) is 2.17. The van der Waals surface area contributed by atoms with Crippen molar-refractivity contribution in [1.29, 1.82) is 0 Å². The fourth-order valence-corrected chi connectivity index (χ4v) is 1.91. The zero-order valence-corrected chi connectivity index (χ0v) is 9.26. The van der Waals surface area contributed by atoms with Gasteiger partial charge in [0.25, 0.3) is 0 Å². The molecule has 1 rings (SSSR count). The number of nitrogens with one attached hydrogen (secondary N) is 1. The van der Waals surface area contributed by atoms with Crippen molar-refractivity contribution >= 4 is 15.9 Å². The first-order chi connectivity index (χ1) is 6.88. The summed E-state index contributed by atoms with van der Waals surface area (Å²) in [6, 6.07) is 4.24. The van der Waals surface area contributed by atoms with E-state index >= 15 is 0 Å². The van der Waals surface area contributed by atoms with Gasteiger partial charge in [0.2, 0.25) is 15.9 Å². The van der Waals surface area contributed by atoms with E-state index in [0.717, 1.165) is 0 Å². The molecular formula is C9H12N2O3S. The summed E-state index contributed by atoms with van der Waals surface area (Å²) >= 11 is 0. The van der Waals surface area contributed by atoms with E-state index in [9.17, 15) is 13.2 Å². The number of carbonyl (C=O) groups is 1. The average molecular weight is 228 g/mol. The van der Waals surface area contributed by atoms with Gasteiger partial charge in [-0.05, 0) is 31.7 Å². The highest BCUT2D eigenvalue weighted by Crippen LogP contribution is 2.14. The third-order valence-electron chi connectivity index (χ3n) is 2.05. The first kappa shape index (κ1) is 11.7. The van der Waals surface area contributed by atoms with Crippen molar-refractivity contribution in [1.82, 2.24) is 4.72 Å². The molecule has 0 aromatic heterocycles. The Hall–Kier alpha value is -1.40. The standard InChI is InChI=1S/C9H12N2O3S/c1-6-3-4-7(15(13,14)11-2)5-8(6)9(10)12/h3-5,11H,1-2H3,(H2,10,12). The molecule has 0 heterocycles. The van der Waals surface area contributed by atoms with Gasteiger partial charge in [0.05, 0.1) is 4.90 Å². The first-order valence-corrected chi connectivity index (χ1v) is 5.71. The summed E-state index contributed by atoms with van der Waals surface area (Å²) in [5.74, 6) is -0.638. The molecule has 0 fully saturated rings. The highest BCUT2D eigenvalue weighted by atomic mass is 32.2. The van der Waals surface area contributed by atoms with Crippen LogP contribution in [0.5, 0.6) is 0 Å². The molecule has 0 atom stereocenters. The number of hydrogen-bond donors (Lipinski definition) is 2. The Morgan fingerprint density at radius 1 is 1.40 bits per heavy atom. The number of rotatable bonds is 3. The Bertz CT molecular complexity index is 494. The molecule has 1 amide bonds. The summed E-state index contributed by atoms with van der Waals surface area (Å²) in [4.78, 5) is 11.0. The van der Waals surface area contributed by atoms with Crippen LogP contribution in [0.25, 0.3) is 0 Å². The van der Waals surface area contributed by atoms with Crippen molar-refractivity contribution < 1.29 is 13.2 Å². The summed E-state index contributed by atoms with van der Waals surface area (Å²) in [5, 5.41) is 0. The minimum atomic E-state index is -3.53. The molecule has 0 aliphatic rings. The normalized spacial score (nSPS) is 11.3. The van der Waals surface area contributed by atoms with Gasteiger partial charge in [0.15, 0.2) is 0 Å². The van der Waals surface area contributed by atoms with Crippen LogP contribution in [0.1, 0.15) is 15.9 Å². The van der Waals surface area contributed by atoms with E-state index in [4.69, 9.17) is 5.73 Å². The van der Waals surface area contributed by atoms with Gasteiger partial charge in [-0.3, -0.25) is 4.79 Å². The molecule has 1 aromatic carbocycles. The molecule has 0 aliphatic heterocycles. The summed E-state index contributed by atoms with van der Waals surface area (Å²) in [6.45, 7) is 1.69. The van der Waals surface area contributed by atoms with Crippen molar-refractivity contribution in [2.75, 3.05) is 7.05 Å². The van der Waals surface area contributed by atoms with Crippen molar-refractivity contribution in [3.63, 3.8) is 0 Å². The molecule has 3 N–H and O–H groups in total. The SMILES string of the molecule is CNS(=O)(=O)c1ccc(C)c(C(N)=O)c1. The van der Waals surface area contributed by atoms with E-state index in [-0.39, 0.29) is 10.5 Å². The lowest BCUT2D eigenvalue weighted by atomic mass is 10.1. The topological polar surface area (TPSA) is 89.3 Å². The lowest BCUT2D eigenvalue weighted by molar-refractivity contribution is 0.0999. The zero-order chi connectivity index (χ0) is 11.6. The predicted molar refractivity (Wildman–Crippen MR) is 55.9 cm³/mol. The maximum Gasteiger partial charge on any atom is 0.249 e. The van der Waals surface area contributed by atoms with Crippen LogP contribution in [0.3, 0.4) is 0 Å². The minimum Gasteiger partial charge on any atom is -0.366 e. The van der Waals surface area contributed by atoms with Crippen LogP contribution in [-0.2, 0) is 10.0 Å². The molecule has 0 bridgehead atoms. The van der Waals surface area contributed by atoms with Gasteiger partial charge < -0.3 is 5.73 Å². The molecule has 1 aromatic rings. The van der Waals surface area contributed by atoms with Crippen LogP contribution in [0.4, 0.5) is 0 Å². The van der Waals surface area contributed by atoms with Gasteiger partial charge >= 0.3 is 0 Å². The number of benzene rings is 1. The maximum absolute atomic E-state index is 11.4. The molecule has 0 aliphatic carbocycles. The highest BCUT2D eigenvalue weighted by Gasteiger charge is 2.14. The summed E-state index contributed by atoms with van der Waals surface area (Å²) in [6.07, 6.45) is 0. The van der Waals surface area contributed by atoms with Crippen LogP contribution >= 0.6 is 0 Å². The Kier molecular flexibility index (Phi) is 3.11. The molecule has 0 radical (unpaired) electrons. The van der Waals surface area contributed by atoms with Crippen LogP contribution < -0.4 is 10.5 Å². The van der Waals surface area contributed by atoms with Gasteiger partial charge in [-0.25, -0.2) is 13.1 Å². The first-order valence-electron chi connectivity index (χ1n) is 4.22. The largest absolute Gasteiger partial charge is 0.366 e. The number of amides is 1. The van der Waals surface area contributed by atoms with Crippen LogP contribution in [0.15, 0.2) is 23.1 Å². The van der Waals surface area contributed by atoms with Gasteiger partial charge in [0, 0.05) is 5.56 Å². The molecule has 0 saturated heterocycles. The monoisotopic (exact) mass is 228 g/mol. The number of nitrogens with two attached hydrogens (primary N) is 1. The predicted octanol–water partition coefficient (Wildman–Crippen LogP) is 0.00202. The third kappa shape index (κ3) is 2.34. The molecular weight excluding hydrogens is 216 g/mol. The number of carbonyl (C=O) groups excluding carboxylic acids is 1. The van der Waals surface area contributed by atoms with Crippen molar-refractivity contribution in [2.24, 2.45) is 5.73 Å². The maximum atomic E-state index is 11.4.